The van der Waals surface area contributed by atoms with Gasteiger partial charge in [0.1, 0.15) is 0 Å². The van der Waals surface area contributed by atoms with Crippen molar-refractivity contribution in [2.75, 3.05) is 22.5 Å². The molecule has 1 unspecified atom stereocenters. The van der Waals surface area contributed by atoms with Crippen molar-refractivity contribution in [2.24, 2.45) is 11.8 Å². The minimum atomic E-state index is -0.820. The molecule has 0 saturated heterocycles. The number of aromatic nitrogens is 1. The number of benzene rings is 1. The highest BCUT2D eigenvalue weighted by molar-refractivity contribution is 8.01. The predicted molar refractivity (Wildman–Crippen MR) is 119 cm³/mol. The molecule has 1 atom stereocenters. The molecule has 2 aromatic rings. The Morgan fingerprint density at radius 1 is 1.41 bits per heavy atom. The molecule has 2 N–H and O–H groups in total. The molecule has 0 bridgehead atoms. The maximum Gasteiger partial charge on any atom is 0.328 e. The first-order valence-electron chi connectivity index (χ1n) is 9.58. The monoisotopic (exact) mass is 453 g/mol. The number of anilines is 2. The maximum atomic E-state index is 13.0. The Balaban J connectivity index is 1.67. The van der Waals surface area contributed by atoms with Crippen LogP contribution in [-0.2, 0) is 4.79 Å². The summed E-state index contributed by atoms with van der Waals surface area (Å²) in [7, 11) is 0. The van der Waals surface area contributed by atoms with Crippen molar-refractivity contribution in [3.63, 3.8) is 0 Å². The predicted octanol–water partition coefficient (Wildman–Crippen LogP) is 5.84. The fourth-order valence-electron chi connectivity index (χ4n) is 3.22. The summed E-state index contributed by atoms with van der Waals surface area (Å²) in [6, 6.07) is 7.08. The molecule has 29 heavy (non-hydrogen) atoms. The van der Waals surface area contributed by atoms with Crippen molar-refractivity contribution in [1.82, 2.24) is 4.98 Å². The lowest BCUT2D eigenvalue weighted by Crippen LogP contribution is -2.38. The number of carboxylic acid groups (broad SMARTS) is 1. The van der Waals surface area contributed by atoms with Gasteiger partial charge in [0.15, 0.2) is 5.13 Å². The van der Waals surface area contributed by atoms with Gasteiger partial charge in [0.25, 0.3) is 0 Å². The smallest absolute Gasteiger partial charge is 0.328 e. The van der Waals surface area contributed by atoms with E-state index in [0.717, 1.165) is 22.7 Å². The van der Waals surface area contributed by atoms with Gasteiger partial charge in [-0.1, -0.05) is 48.8 Å². The van der Waals surface area contributed by atoms with E-state index in [4.69, 9.17) is 16.7 Å². The van der Waals surface area contributed by atoms with Crippen LogP contribution in [0, 0.1) is 11.8 Å². The van der Waals surface area contributed by atoms with Crippen LogP contribution < -0.4 is 10.2 Å². The average Bonchev–Trinajstić information content (AvgIpc) is 3.35. The van der Waals surface area contributed by atoms with Crippen LogP contribution in [0.1, 0.15) is 32.6 Å². The average molecular weight is 454 g/mol. The van der Waals surface area contributed by atoms with Crippen LogP contribution in [0.25, 0.3) is 0 Å². The van der Waals surface area contributed by atoms with E-state index in [9.17, 15) is 9.59 Å². The van der Waals surface area contributed by atoms with Gasteiger partial charge in [-0.05, 0) is 37.0 Å². The largest absolute Gasteiger partial charge is 0.481 e. The van der Waals surface area contributed by atoms with Crippen LogP contribution in [0.4, 0.5) is 15.6 Å². The number of nitrogens with one attached hydrogen (secondary N) is 1. The second kappa shape index (κ2) is 10.3. The van der Waals surface area contributed by atoms with E-state index in [1.807, 2.05) is 12.1 Å². The van der Waals surface area contributed by atoms with Crippen molar-refractivity contribution in [2.45, 2.75) is 36.8 Å². The number of urea groups is 1. The molecule has 0 radical (unpaired) electrons. The van der Waals surface area contributed by atoms with Crippen molar-refractivity contribution in [3.8, 4) is 0 Å². The summed E-state index contributed by atoms with van der Waals surface area (Å²) < 4.78 is 0.874. The van der Waals surface area contributed by atoms with Gasteiger partial charge in [-0.25, -0.2) is 9.78 Å². The number of nitrogens with zero attached hydrogens (tertiary/aromatic N) is 2. The van der Waals surface area contributed by atoms with Gasteiger partial charge in [0.05, 0.1) is 16.3 Å². The summed E-state index contributed by atoms with van der Waals surface area (Å²) in [5.41, 5.74) is 0.767. The van der Waals surface area contributed by atoms with Gasteiger partial charge in [-0.3, -0.25) is 15.0 Å². The normalized spacial score (nSPS) is 15.2. The summed E-state index contributed by atoms with van der Waals surface area (Å²) in [5.74, 6) is -0.314. The summed E-state index contributed by atoms with van der Waals surface area (Å²) >= 11 is 8.92. The SMILES string of the molecule is CC(CSc1cnc(NC(=O)N(CC2CCCC2)c2cccc(Cl)c2)s1)C(=O)O. The fourth-order valence-corrected chi connectivity index (χ4v) is 5.31. The number of hydrogen-bond donors (Lipinski definition) is 2. The number of rotatable bonds is 8. The number of thioether (sulfide) groups is 1. The van der Waals surface area contributed by atoms with E-state index in [0.29, 0.717) is 28.4 Å². The maximum absolute atomic E-state index is 13.0. The molecule has 1 aromatic heterocycles. The zero-order chi connectivity index (χ0) is 20.8. The topological polar surface area (TPSA) is 82.5 Å². The Bertz CT molecular complexity index is 855. The third kappa shape index (κ3) is 6.35. The minimum Gasteiger partial charge on any atom is -0.481 e. The lowest BCUT2D eigenvalue weighted by molar-refractivity contribution is -0.140. The first kappa shape index (κ1) is 21.9. The summed E-state index contributed by atoms with van der Waals surface area (Å²) in [6.07, 6.45) is 6.34. The van der Waals surface area contributed by atoms with Gasteiger partial charge < -0.3 is 5.11 Å². The number of amides is 2. The number of hydrogen-bond acceptors (Lipinski definition) is 5. The standard InChI is InChI=1S/C20H24ClN3O3S2/c1-13(18(25)26)12-28-17-10-22-19(29-17)23-20(27)24(11-14-5-2-3-6-14)16-8-4-7-15(21)9-16/h4,7-10,13-14H,2-3,5-6,11-12H2,1H3,(H,25,26)(H,22,23,27). The van der Waals surface area contributed by atoms with Crippen molar-refractivity contribution in [3.05, 3.63) is 35.5 Å². The van der Waals surface area contributed by atoms with Crippen LogP contribution in [0.15, 0.2) is 34.7 Å². The Labute approximate surface area is 183 Å². The second-order valence-electron chi connectivity index (χ2n) is 7.21. The molecule has 9 heteroatoms. The van der Waals surface area contributed by atoms with E-state index in [-0.39, 0.29) is 6.03 Å². The van der Waals surface area contributed by atoms with Crippen LogP contribution >= 0.6 is 34.7 Å². The van der Waals surface area contributed by atoms with E-state index < -0.39 is 11.9 Å². The number of halogens is 1. The number of aliphatic carboxylic acids is 1. The molecule has 1 saturated carbocycles. The van der Waals surface area contributed by atoms with Gasteiger partial charge in [0, 0.05) is 23.0 Å². The molecular formula is C20H24ClN3O3S2. The molecule has 1 aromatic carbocycles. The van der Waals surface area contributed by atoms with Crippen molar-refractivity contribution >= 4 is 57.5 Å². The zero-order valence-corrected chi connectivity index (χ0v) is 18.5. The number of thiazole rings is 1. The summed E-state index contributed by atoms with van der Waals surface area (Å²) in [5, 5.41) is 13.0. The van der Waals surface area contributed by atoms with E-state index >= 15 is 0 Å². The van der Waals surface area contributed by atoms with Crippen molar-refractivity contribution < 1.29 is 14.7 Å². The molecule has 1 heterocycles. The van der Waals surface area contributed by atoms with Gasteiger partial charge in [-0.2, -0.15) is 0 Å². The second-order valence-corrected chi connectivity index (χ2v) is 9.99. The molecule has 0 aliphatic heterocycles. The molecule has 0 spiro atoms. The molecule has 1 aliphatic carbocycles. The third-order valence-corrected chi connectivity index (χ3v) is 7.48. The Morgan fingerprint density at radius 2 is 2.17 bits per heavy atom. The molecule has 6 nitrogen and oxygen atoms in total. The van der Waals surface area contributed by atoms with Crippen LogP contribution in [0.2, 0.25) is 5.02 Å². The van der Waals surface area contributed by atoms with Gasteiger partial charge >= 0.3 is 12.0 Å². The molecule has 2 amide bonds. The fraction of sp³-hybridized carbons (Fsp3) is 0.450. The lowest BCUT2D eigenvalue weighted by atomic mass is 10.1. The zero-order valence-electron chi connectivity index (χ0n) is 16.1. The van der Waals surface area contributed by atoms with Gasteiger partial charge in [-0.15, -0.1) is 11.8 Å². The molecule has 1 fully saturated rings. The van der Waals surface area contributed by atoms with Crippen LogP contribution in [-0.4, -0.2) is 34.4 Å². The number of carbonyl (C=O) groups is 2. The first-order chi connectivity index (χ1) is 13.9. The Hall–Kier alpha value is -1.77. The van der Waals surface area contributed by atoms with E-state index in [1.165, 1.54) is 35.9 Å². The summed E-state index contributed by atoms with van der Waals surface area (Å²) in [6.45, 7) is 2.32. The highest BCUT2D eigenvalue weighted by atomic mass is 35.5. The molecule has 1 aliphatic rings. The third-order valence-electron chi connectivity index (χ3n) is 4.88. The minimum absolute atomic E-state index is 0.232. The van der Waals surface area contributed by atoms with Crippen LogP contribution in [0.5, 0.6) is 0 Å². The molecule has 156 valence electrons. The lowest BCUT2D eigenvalue weighted by Gasteiger charge is -2.25. The molecular weight excluding hydrogens is 430 g/mol. The van der Waals surface area contributed by atoms with E-state index in [1.54, 1.807) is 30.2 Å². The Kier molecular flexibility index (Phi) is 7.80. The quantitative estimate of drug-likeness (QED) is 0.490. The highest BCUT2D eigenvalue weighted by Crippen LogP contribution is 2.31. The first-order valence-corrected chi connectivity index (χ1v) is 11.8. The van der Waals surface area contributed by atoms with Crippen LogP contribution in [0.3, 0.4) is 0 Å². The highest BCUT2D eigenvalue weighted by Gasteiger charge is 2.24. The Morgan fingerprint density at radius 3 is 2.86 bits per heavy atom. The van der Waals surface area contributed by atoms with Gasteiger partial charge in [0.2, 0.25) is 0 Å². The van der Waals surface area contributed by atoms with Crippen molar-refractivity contribution in [1.29, 1.82) is 0 Å². The van der Waals surface area contributed by atoms with E-state index in [2.05, 4.69) is 10.3 Å². The summed E-state index contributed by atoms with van der Waals surface area (Å²) in [4.78, 5) is 30.0. The molecule has 3 rings (SSSR count). The number of carboxylic acids is 1. The number of carbonyl (C=O) groups excluding carboxylic acids is 1.